The lowest BCUT2D eigenvalue weighted by molar-refractivity contribution is -0.131. The third-order valence-corrected chi connectivity index (χ3v) is 5.71. The molecular formula is C17H21N5O2S. The Bertz CT molecular complexity index is 847. The standard InChI is InChI=1S/C17H21N5O2S/c1-10-4-9-25-15(10)14-13(16(23)21-5-7-24-8-6-21)11(2)18-17-19-12(3)20-22(14)17/h4,9,14H,5-8H2,1-3H3,(H,18,19,20)/t14-/m1/s1. The lowest BCUT2D eigenvalue weighted by Gasteiger charge is -2.33. The van der Waals surface area contributed by atoms with Crippen LogP contribution in [-0.2, 0) is 9.53 Å². The van der Waals surface area contributed by atoms with Crippen LogP contribution in [0.5, 0.6) is 0 Å². The summed E-state index contributed by atoms with van der Waals surface area (Å²) in [4.78, 5) is 20.8. The third-order valence-electron chi connectivity index (χ3n) is 4.64. The minimum atomic E-state index is -0.243. The molecule has 4 rings (SSSR count). The molecule has 1 amide bonds. The zero-order valence-corrected chi connectivity index (χ0v) is 15.4. The van der Waals surface area contributed by atoms with E-state index in [1.54, 1.807) is 11.3 Å². The summed E-state index contributed by atoms with van der Waals surface area (Å²) in [5, 5.41) is 9.88. The van der Waals surface area contributed by atoms with Crippen molar-refractivity contribution in [3.63, 3.8) is 0 Å². The van der Waals surface area contributed by atoms with Crippen molar-refractivity contribution < 1.29 is 9.53 Å². The summed E-state index contributed by atoms with van der Waals surface area (Å²) < 4.78 is 7.23. The minimum absolute atomic E-state index is 0.0462. The normalized spacial score (nSPS) is 20.4. The quantitative estimate of drug-likeness (QED) is 0.889. The van der Waals surface area contributed by atoms with Gasteiger partial charge >= 0.3 is 0 Å². The van der Waals surface area contributed by atoms with Crippen LogP contribution in [0.4, 0.5) is 5.95 Å². The average molecular weight is 359 g/mol. The summed E-state index contributed by atoms with van der Waals surface area (Å²) in [5.41, 5.74) is 2.75. The van der Waals surface area contributed by atoms with Crippen LogP contribution < -0.4 is 5.32 Å². The highest BCUT2D eigenvalue weighted by Gasteiger charge is 2.37. The fourth-order valence-electron chi connectivity index (χ4n) is 3.38. The number of thiophene rings is 1. The van der Waals surface area contributed by atoms with Crippen LogP contribution in [0.15, 0.2) is 22.7 Å². The third kappa shape index (κ3) is 2.75. The van der Waals surface area contributed by atoms with E-state index in [9.17, 15) is 4.79 Å². The number of ether oxygens (including phenoxy) is 1. The van der Waals surface area contributed by atoms with Gasteiger partial charge < -0.3 is 15.0 Å². The van der Waals surface area contributed by atoms with E-state index in [4.69, 9.17) is 4.74 Å². The molecule has 2 aromatic rings. The van der Waals surface area contributed by atoms with Crippen LogP contribution >= 0.6 is 11.3 Å². The maximum absolute atomic E-state index is 13.3. The Morgan fingerprint density at radius 1 is 1.32 bits per heavy atom. The summed E-state index contributed by atoms with van der Waals surface area (Å²) in [5.74, 6) is 1.42. The van der Waals surface area contributed by atoms with E-state index >= 15 is 0 Å². The average Bonchev–Trinajstić information content (AvgIpc) is 3.18. The molecule has 0 saturated carbocycles. The van der Waals surface area contributed by atoms with E-state index in [1.165, 1.54) is 0 Å². The van der Waals surface area contributed by atoms with Crippen LogP contribution in [0.1, 0.15) is 29.2 Å². The number of fused-ring (bicyclic) bond motifs is 1. The molecule has 2 aliphatic rings. The number of hydrogen-bond acceptors (Lipinski definition) is 6. The maximum Gasteiger partial charge on any atom is 0.254 e. The number of aryl methyl sites for hydroxylation is 2. The topological polar surface area (TPSA) is 72.3 Å². The molecule has 8 heteroatoms. The molecule has 1 atom stereocenters. The SMILES string of the molecule is CC1=C(C(=O)N2CCOCC2)[C@H](c2sccc2C)n2nc(C)nc2N1. The molecule has 1 N–H and O–H groups in total. The monoisotopic (exact) mass is 359 g/mol. The van der Waals surface area contributed by atoms with Crippen molar-refractivity contribution in [2.45, 2.75) is 26.8 Å². The Morgan fingerprint density at radius 3 is 2.76 bits per heavy atom. The molecule has 0 aliphatic carbocycles. The van der Waals surface area contributed by atoms with Crippen molar-refractivity contribution in [3.05, 3.63) is 39.0 Å². The van der Waals surface area contributed by atoms with E-state index in [0.29, 0.717) is 38.1 Å². The van der Waals surface area contributed by atoms with Crippen LogP contribution in [0.25, 0.3) is 0 Å². The van der Waals surface area contributed by atoms with Gasteiger partial charge in [-0.2, -0.15) is 10.1 Å². The molecule has 0 aromatic carbocycles. The van der Waals surface area contributed by atoms with Gasteiger partial charge in [0, 0.05) is 23.7 Å². The van der Waals surface area contributed by atoms with Gasteiger partial charge in [0.25, 0.3) is 5.91 Å². The van der Waals surface area contributed by atoms with E-state index in [-0.39, 0.29) is 11.9 Å². The summed E-state index contributed by atoms with van der Waals surface area (Å²) in [7, 11) is 0. The second-order valence-electron chi connectivity index (χ2n) is 6.37. The van der Waals surface area contributed by atoms with Crippen molar-refractivity contribution in [1.29, 1.82) is 0 Å². The highest BCUT2D eigenvalue weighted by atomic mass is 32.1. The summed E-state index contributed by atoms with van der Waals surface area (Å²) >= 11 is 1.65. The maximum atomic E-state index is 13.3. The molecule has 132 valence electrons. The first kappa shape index (κ1) is 16.3. The van der Waals surface area contributed by atoms with Gasteiger partial charge in [0.05, 0.1) is 18.8 Å². The number of rotatable bonds is 2. The summed E-state index contributed by atoms with van der Waals surface area (Å²) in [6.45, 7) is 8.29. The zero-order valence-electron chi connectivity index (χ0n) is 14.6. The smallest absolute Gasteiger partial charge is 0.254 e. The molecule has 0 radical (unpaired) electrons. The van der Waals surface area contributed by atoms with Crippen molar-refractivity contribution in [3.8, 4) is 0 Å². The second kappa shape index (κ2) is 6.27. The minimum Gasteiger partial charge on any atom is -0.378 e. The number of hydrogen-bond donors (Lipinski definition) is 1. The number of carbonyl (C=O) groups is 1. The predicted molar refractivity (Wildman–Crippen MR) is 95.7 cm³/mol. The van der Waals surface area contributed by atoms with Gasteiger partial charge in [0.2, 0.25) is 5.95 Å². The number of aromatic nitrogens is 3. The molecule has 0 spiro atoms. The molecule has 4 heterocycles. The lowest BCUT2D eigenvalue weighted by Crippen LogP contribution is -2.44. The fourth-order valence-corrected chi connectivity index (χ4v) is 4.40. The lowest BCUT2D eigenvalue weighted by atomic mass is 9.98. The Morgan fingerprint density at radius 2 is 2.08 bits per heavy atom. The molecular weight excluding hydrogens is 338 g/mol. The number of anilines is 1. The molecule has 7 nitrogen and oxygen atoms in total. The van der Waals surface area contributed by atoms with E-state index in [0.717, 1.165) is 21.7 Å². The van der Waals surface area contributed by atoms with Crippen LogP contribution in [-0.4, -0.2) is 51.9 Å². The van der Waals surface area contributed by atoms with Gasteiger partial charge in [-0.25, -0.2) is 4.68 Å². The van der Waals surface area contributed by atoms with Gasteiger partial charge in [0.1, 0.15) is 11.9 Å². The fraction of sp³-hybridized carbons (Fsp3) is 0.471. The predicted octanol–water partition coefficient (Wildman–Crippen LogP) is 2.10. The van der Waals surface area contributed by atoms with Crippen LogP contribution in [0.3, 0.4) is 0 Å². The number of nitrogens with one attached hydrogen (secondary N) is 1. The number of morpholine rings is 1. The van der Waals surface area contributed by atoms with E-state index in [1.807, 2.05) is 23.4 Å². The Labute approximate surface area is 150 Å². The highest BCUT2D eigenvalue weighted by Crippen LogP contribution is 2.39. The first-order valence-electron chi connectivity index (χ1n) is 8.38. The Hall–Kier alpha value is -2.19. The van der Waals surface area contributed by atoms with Crippen molar-refractivity contribution in [2.24, 2.45) is 0 Å². The summed E-state index contributed by atoms with van der Waals surface area (Å²) in [6.07, 6.45) is 0. The van der Waals surface area contributed by atoms with Gasteiger partial charge in [0.15, 0.2) is 0 Å². The van der Waals surface area contributed by atoms with E-state index < -0.39 is 0 Å². The second-order valence-corrected chi connectivity index (χ2v) is 7.31. The first-order chi connectivity index (χ1) is 12.1. The molecule has 0 unspecified atom stereocenters. The first-order valence-corrected chi connectivity index (χ1v) is 9.26. The highest BCUT2D eigenvalue weighted by molar-refractivity contribution is 7.10. The Kier molecular flexibility index (Phi) is 4.09. The largest absolute Gasteiger partial charge is 0.378 e. The van der Waals surface area contributed by atoms with Crippen molar-refractivity contribution in [2.75, 3.05) is 31.6 Å². The number of nitrogens with zero attached hydrogens (tertiary/aromatic N) is 4. The van der Waals surface area contributed by atoms with Crippen molar-refractivity contribution in [1.82, 2.24) is 19.7 Å². The van der Waals surface area contributed by atoms with Gasteiger partial charge in [-0.3, -0.25) is 4.79 Å². The zero-order chi connectivity index (χ0) is 17.6. The molecule has 2 aliphatic heterocycles. The Balaban J connectivity index is 1.82. The van der Waals surface area contributed by atoms with Gasteiger partial charge in [-0.15, -0.1) is 11.3 Å². The van der Waals surface area contributed by atoms with Crippen LogP contribution in [0, 0.1) is 13.8 Å². The van der Waals surface area contributed by atoms with Crippen LogP contribution in [0.2, 0.25) is 0 Å². The molecule has 1 saturated heterocycles. The summed E-state index contributed by atoms with van der Waals surface area (Å²) in [6, 6.07) is 1.84. The van der Waals surface area contributed by atoms with E-state index in [2.05, 4.69) is 33.8 Å². The molecule has 0 bridgehead atoms. The number of allylic oxidation sites excluding steroid dienone is 1. The number of carbonyl (C=O) groups excluding carboxylic acids is 1. The molecule has 25 heavy (non-hydrogen) atoms. The molecule has 2 aromatic heterocycles. The van der Waals surface area contributed by atoms with Gasteiger partial charge in [-0.1, -0.05) is 0 Å². The van der Waals surface area contributed by atoms with Gasteiger partial charge in [-0.05, 0) is 37.8 Å². The van der Waals surface area contributed by atoms with Crippen molar-refractivity contribution >= 4 is 23.2 Å². The number of amides is 1. The molecule has 1 fully saturated rings.